The van der Waals surface area contributed by atoms with Crippen molar-refractivity contribution >= 4 is 17.5 Å². The van der Waals surface area contributed by atoms with Crippen LogP contribution in [0.1, 0.15) is 45.6 Å². The van der Waals surface area contributed by atoms with Crippen LogP contribution in [0.5, 0.6) is 11.5 Å². The molecule has 0 unspecified atom stereocenters. The van der Waals surface area contributed by atoms with E-state index in [1.807, 2.05) is 19.1 Å². The molecule has 0 fully saturated rings. The van der Waals surface area contributed by atoms with E-state index in [4.69, 9.17) is 21.1 Å². The number of benzene rings is 3. The minimum absolute atomic E-state index is 0.0451. The zero-order valence-corrected chi connectivity index (χ0v) is 20.9. The molecule has 0 saturated carbocycles. The van der Waals surface area contributed by atoms with E-state index in [-0.39, 0.29) is 18.0 Å². The topological polar surface area (TPSA) is 50.8 Å². The van der Waals surface area contributed by atoms with Crippen LogP contribution in [0, 0.1) is 6.92 Å². The lowest BCUT2D eigenvalue weighted by Crippen LogP contribution is -2.47. The molecule has 1 amide bonds. The van der Waals surface area contributed by atoms with Gasteiger partial charge in [0.2, 0.25) is 0 Å². The summed E-state index contributed by atoms with van der Waals surface area (Å²) in [6.45, 7) is 5.79. The van der Waals surface area contributed by atoms with Crippen LogP contribution in [0.3, 0.4) is 0 Å². The van der Waals surface area contributed by atoms with Crippen LogP contribution in [0.2, 0.25) is 5.02 Å². The van der Waals surface area contributed by atoms with Gasteiger partial charge in [0.25, 0.3) is 5.91 Å². The Morgan fingerprint density at radius 1 is 1.09 bits per heavy atom. The first-order valence-electron chi connectivity index (χ1n) is 11.5. The summed E-state index contributed by atoms with van der Waals surface area (Å²) in [5.41, 5.74) is 5.31. The van der Waals surface area contributed by atoms with E-state index in [9.17, 15) is 4.79 Å². The Hall–Kier alpha value is -3.02. The molecule has 1 aliphatic rings. The van der Waals surface area contributed by atoms with Gasteiger partial charge in [0.15, 0.2) is 11.5 Å². The number of nitrogens with one attached hydrogen (secondary N) is 1. The molecule has 0 saturated heterocycles. The Morgan fingerprint density at radius 2 is 1.76 bits per heavy atom. The first-order chi connectivity index (χ1) is 16.4. The van der Waals surface area contributed by atoms with Crippen LogP contribution in [0.4, 0.5) is 0 Å². The van der Waals surface area contributed by atoms with Crippen LogP contribution >= 0.6 is 11.6 Å². The second kappa shape index (κ2) is 10.5. The minimum Gasteiger partial charge on any atom is -0.493 e. The molecule has 2 atom stereocenters. The number of amides is 1. The van der Waals surface area contributed by atoms with Crippen molar-refractivity contribution in [3.63, 3.8) is 0 Å². The fraction of sp³-hybridized carbons (Fsp3) is 0.321. The molecule has 0 aliphatic carbocycles. The van der Waals surface area contributed by atoms with Gasteiger partial charge in [0.05, 0.1) is 30.8 Å². The molecule has 1 heterocycles. The zero-order valence-electron chi connectivity index (χ0n) is 20.1. The fourth-order valence-corrected chi connectivity index (χ4v) is 4.95. The van der Waals surface area contributed by atoms with E-state index in [0.717, 1.165) is 30.8 Å². The Bertz CT molecular complexity index is 1160. The average Bonchev–Trinajstić information content (AvgIpc) is 2.84. The first-order valence-corrected chi connectivity index (χ1v) is 11.9. The highest BCUT2D eigenvalue weighted by molar-refractivity contribution is 6.33. The molecule has 6 heteroatoms. The van der Waals surface area contributed by atoms with E-state index >= 15 is 0 Å². The summed E-state index contributed by atoms with van der Waals surface area (Å²) >= 11 is 6.29. The van der Waals surface area contributed by atoms with Gasteiger partial charge in [0.1, 0.15) is 0 Å². The van der Waals surface area contributed by atoms with Crippen molar-refractivity contribution in [1.29, 1.82) is 0 Å². The first kappa shape index (κ1) is 24.1. The summed E-state index contributed by atoms with van der Waals surface area (Å²) in [5, 5.41) is 3.65. The van der Waals surface area contributed by atoms with Crippen molar-refractivity contribution in [2.75, 3.05) is 20.8 Å². The summed E-state index contributed by atoms with van der Waals surface area (Å²) in [5.74, 6) is 1.23. The Morgan fingerprint density at radius 3 is 2.44 bits per heavy atom. The van der Waals surface area contributed by atoms with Crippen molar-refractivity contribution in [2.24, 2.45) is 0 Å². The number of rotatable bonds is 7. The summed E-state index contributed by atoms with van der Waals surface area (Å²) in [6, 6.07) is 19.6. The molecule has 1 N–H and O–H groups in total. The maximum absolute atomic E-state index is 13.1. The highest BCUT2D eigenvalue weighted by atomic mass is 35.5. The highest BCUT2D eigenvalue weighted by Crippen LogP contribution is 2.40. The van der Waals surface area contributed by atoms with Crippen LogP contribution in [0.25, 0.3) is 0 Å². The number of halogens is 1. The average molecular weight is 479 g/mol. The number of aryl methyl sites for hydroxylation is 1. The molecule has 3 aromatic carbocycles. The van der Waals surface area contributed by atoms with E-state index < -0.39 is 0 Å². The number of carbonyl (C=O) groups excluding carboxylic acids is 1. The lowest BCUT2D eigenvalue weighted by atomic mass is 9.87. The van der Waals surface area contributed by atoms with Gasteiger partial charge < -0.3 is 14.8 Å². The van der Waals surface area contributed by atoms with Gasteiger partial charge in [-0.15, -0.1) is 0 Å². The van der Waals surface area contributed by atoms with Crippen LogP contribution in [-0.4, -0.2) is 37.6 Å². The van der Waals surface area contributed by atoms with Gasteiger partial charge in [-0.05, 0) is 61.2 Å². The molecule has 5 nitrogen and oxygen atoms in total. The third kappa shape index (κ3) is 5.06. The van der Waals surface area contributed by atoms with Crippen molar-refractivity contribution in [1.82, 2.24) is 10.2 Å². The van der Waals surface area contributed by atoms with E-state index in [2.05, 4.69) is 53.5 Å². The molecular weight excluding hydrogens is 448 g/mol. The highest BCUT2D eigenvalue weighted by Gasteiger charge is 2.34. The summed E-state index contributed by atoms with van der Waals surface area (Å²) in [4.78, 5) is 15.5. The van der Waals surface area contributed by atoms with Crippen LogP contribution in [0.15, 0.2) is 60.7 Å². The van der Waals surface area contributed by atoms with Gasteiger partial charge >= 0.3 is 0 Å². The molecule has 4 rings (SSSR count). The van der Waals surface area contributed by atoms with Gasteiger partial charge in [-0.2, -0.15) is 0 Å². The quantitative estimate of drug-likeness (QED) is 0.481. The van der Waals surface area contributed by atoms with Crippen LogP contribution in [-0.2, 0) is 13.0 Å². The second-order valence-electron chi connectivity index (χ2n) is 8.80. The number of fused-ring (bicyclic) bond motifs is 1. The van der Waals surface area contributed by atoms with Crippen molar-refractivity contribution in [2.45, 2.75) is 38.9 Å². The lowest BCUT2D eigenvalue weighted by molar-refractivity contribution is 0.0877. The normalized spacial score (nSPS) is 16.4. The minimum atomic E-state index is -0.180. The molecule has 0 spiro atoms. The zero-order chi connectivity index (χ0) is 24.2. The number of ether oxygens (including phenoxy) is 2. The standard InChI is InChI=1S/C28H31ClN2O3/c1-18-9-11-20(12-10-18)17-31-14-13-21-15-25(33-3)26(34-4)16-23(21)27(31)19(2)30-28(32)22-7-5-6-8-24(22)29/h5-12,15-16,19,27H,13-14,17H2,1-4H3,(H,30,32)/t19-,27-/m0/s1. The molecule has 0 radical (unpaired) electrons. The molecule has 178 valence electrons. The van der Waals surface area contributed by atoms with E-state index in [1.54, 1.807) is 26.4 Å². The maximum Gasteiger partial charge on any atom is 0.253 e. The number of nitrogens with zero attached hydrogens (tertiary/aromatic N) is 1. The molecule has 1 aliphatic heterocycles. The molecule has 0 aromatic heterocycles. The van der Waals surface area contributed by atoms with Crippen molar-refractivity contribution in [3.05, 3.63) is 93.5 Å². The smallest absolute Gasteiger partial charge is 0.253 e. The number of hydrogen-bond acceptors (Lipinski definition) is 4. The van der Waals surface area contributed by atoms with Gasteiger partial charge in [-0.3, -0.25) is 9.69 Å². The van der Waals surface area contributed by atoms with Crippen molar-refractivity contribution < 1.29 is 14.3 Å². The van der Waals surface area contributed by atoms with Gasteiger partial charge in [-0.25, -0.2) is 0 Å². The Balaban J connectivity index is 1.69. The monoisotopic (exact) mass is 478 g/mol. The lowest BCUT2D eigenvalue weighted by Gasteiger charge is -2.41. The number of hydrogen-bond donors (Lipinski definition) is 1. The maximum atomic E-state index is 13.1. The van der Waals surface area contributed by atoms with Crippen LogP contribution < -0.4 is 14.8 Å². The number of carbonyl (C=O) groups is 1. The second-order valence-corrected chi connectivity index (χ2v) is 9.21. The third-order valence-corrected chi connectivity index (χ3v) is 6.81. The molecule has 34 heavy (non-hydrogen) atoms. The van der Waals surface area contributed by atoms with Gasteiger partial charge in [-0.1, -0.05) is 53.6 Å². The third-order valence-electron chi connectivity index (χ3n) is 6.48. The SMILES string of the molecule is COc1cc2c(cc1OC)[C@H]([C@H](C)NC(=O)c1ccccc1Cl)N(Cc1ccc(C)cc1)CC2. The van der Waals surface area contributed by atoms with Crippen molar-refractivity contribution in [3.8, 4) is 11.5 Å². The van der Waals surface area contributed by atoms with Gasteiger partial charge in [0, 0.05) is 19.1 Å². The van der Waals surface area contributed by atoms with E-state index in [0.29, 0.717) is 16.3 Å². The summed E-state index contributed by atoms with van der Waals surface area (Å²) in [6.07, 6.45) is 0.892. The summed E-state index contributed by atoms with van der Waals surface area (Å²) < 4.78 is 11.2. The molecule has 3 aromatic rings. The fourth-order valence-electron chi connectivity index (χ4n) is 4.73. The Kier molecular flexibility index (Phi) is 7.44. The molecular formula is C28H31ClN2O3. The predicted octanol–water partition coefficient (Wildman–Crippen LogP) is 5.58. The largest absolute Gasteiger partial charge is 0.493 e. The number of methoxy groups -OCH3 is 2. The Labute approximate surface area is 206 Å². The molecule has 0 bridgehead atoms. The van der Waals surface area contributed by atoms with E-state index in [1.165, 1.54) is 16.7 Å². The summed E-state index contributed by atoms with van der Waals surface area (Å²) in [7, 11) is 3.30. The predicted molar refractivity (Wildman–Crippen MR) is 136 cm³/mol.